The van der Waals surface area contributed by atoms with E-state index < -0.39 is 30.0 Å². The Labute approximate surface area is 169 Å². The van der Waals surface area contributed by atoms with Crippen molar-refractivity contribution >= 4 is 17.5 Å². The van der Waals surface area contributed by atoms with Gasteiger partial charge < -0.3 is 14.9 Å². The van der Waals surface area contributed by atoms with E-state index in [9.17, 15) is 31.1 Å². The fourth-order valence-corrected chi connectivity index (χ4v) is 2.11. The standard InChI is InChI=1S/C12H10N2.C5H2F6O2.Ir/c1-13-8-11-7-6-10-4-2-3-5-12(10)14(11)9-13;6-4(7,8)2(12)1-3(13)5(9,10)11;/h2-4,6-9H,1H3;1,12H;/q-2;;/b;2-1-;. The Morgan fingerprint density at radius 3 is 2.39 bits per heavy atom. The van der Waals surface area contributed by atoms with Gasteiger partial charge in [0.25, 0.3) is 5.78 Å². The van der Waals surface area contributed by atoms with E-state index in [1.807, 2.05) is 19.2 Å². The van der Waals surface area contributed by atoms with Gasteiger partial charge in [0.05, 0.1) is 0 Å². The number of hydrogen-bond acceptors (Lipinski definition) is 4. The number of carbonyl (C=O) groups is 1. The Bertz CT molecular complexity index is 815. The van der Waals surface area contributed by atoms with Crippen LogP contribution in [0.4, 0.5) is 32.0 Å². The average Bonchev–Trinajstić information content (AvgIpc) is 2.94. The molecular formula is C17H12F6IrN2O2-2. The fraction of sp³-hybridized carbons (Fsp3) is 0.176. The summed E-state index contributed by atoms with van der Waals surface area (Å²) in [5.74, 6) is -5.34. The van der Waals surface area contributed by atoms with Crippen molar-refractivity contribution in [3.63, 3.8) is 0 Å². The normalized spacial score (nSPS) is 15.7. The van der Waals surface area contributed by atoms with Crippen molar-refractivity contribution < 1.29 is 56.3 Å². The molecule has 2 aliphatic heterocycles. The minimum absolute atomic E-state index is 0. The summed E-state index contributed by atoms with van der Waals surface area (Å²) in [7, 11) is 2.03. The van der Waals surface area contributed by atoms with Crippen molar-refractivity contribution in [1.82, 2.24) is 4.90 Å². The molecule has 2 aliphatic rings. The SMILES string of the molecule is CN1C=C2C=Cc3ccc[c-]c3N2[CH-]1.O=C(/C=C(\O)C(F)(F)F)C(F)(F)F.[Ir]. The molecule has 2 heterocycles. The third kappa shape index (κ3) is 5.87. The first kappa shape index (κ1) is 23.8. The Balaban J connectivity index is 0.000000272. The molecule has 28 heavy (non-hydrogen) atoms. The molecule has 1 aromatic rings. The van der Waals surface area contributed by atoms with Gasteiger partial charge in [0, 0.05) is 31.9 Å². The number of anilines is 1. The van der Waals surface area contributed by atoms with Crippen molar-refractivity contribution in [1.29, 1.82) is 0 Å². The monoisotopic (exact) mass is 583 g/mol. The zero-order valence-electron chi connectivity index (χ0n) is 14.0. The van der Waals surface area contributed by atoms with Gasteiger partial charge in [-0.05, 0) is 13.2 Å². The van der Waals surface area contributed by atoms with Crippen LogP contribution >= 0.6 is 0 Å². The number of alkyl halides is 6. The minimum atomic E-state index is -5.42. The second-order valence-electron chi connectivity index (χ2n) is 5.40. The maximum atomic E-state index is 11.4. The van der Waals surface area contributed by atoms with Gasteiger partial charge in [-0.2, -0.15) is 57.3 Å². The Morgan fingerprint density at radius 2 is 1.82 bits per heavy atom. The van der Waals surface area contributed by atoms with Gasteiger partial charge in [0.15, 0.2) is 0 Å². The van der Waals surface area contributed by atoms with Crippen LogP contribution in [-0.2, 0) is 24.9 Å². The van der Waals surface area contributed by atoms with Gasteiger partial charge in [-0.3, -0.25) is 4.79 Å². The number of carbonyl (C=O) groups excluding carboxylic acids is 1. The van der Waals surface area contributed by atoms with Crippen molar-refractivity contribution in [2.75, 3.05) is 11.9 Å². The third-order valence-corrected chi connectivity index (χ3v) is 3.29. The van der Waals surface area contributed by atoms with Crippen LogP contribution < -0.4 is 4.90 Å². The molecule has 0 aromatic heterocycles. The van der Waals surface area contributed by atoms with Crippen LogP contribution in [0.25, 0.3) is 6.08 Å². The Morgan fingerprint density at radius 1 is 1.18 bits per heavy atom. The summed E-state index contributed by atoms with van der Waals surface area (Å²) in [6.07, 6.45) is -5.34. The molecule has 0 bridgehead atoms. The van der Waals surface area contributed by atoms with Crippen LogP contribution in [0.3, 0.4) is 0 Å². The number of rotatable bonds is 1. The molecular weight excluding hydrogens is 570 g/mol. The number of allylic oxidation sites excluding steroid dienone is 3. The summed E-state index contributed by atoms with van der Waals surface area (Å²) < 4.78 is 68.1. The van der Waals surface area contributed by atoms with E-state index in [0.717, 1.165) is 5.69 Å². The molecule has 0 unspecified atom stereocenters. The van der Waals surface area contributed by atoms with Gasteiger partial charge in [-0.25, -0.2) is 0 Å². The van der Waals surface area contributed by atoms with Crippen LogP contribution in [0.1, 0.15) is 5.56 Å². The quantitative estimate of drug-likeness (QED) is 0.232. The summed E-state index contributed by atoms with van der Waals surface area (Å²) in [4.78, 5) is 14.1. The molecule has 11 heteroatoms. The molecule has 1 radical (unpaired) electrons. The molecule has 3 rings (SSSR count). The number of aliphatic hydroxyl groups is 1. The molecule has 0 saturated heterocycles. The Kier molecular flexibility index (Phi) is 7.50. The molecule has 155 valence electrons. The number of aliphatic hydroxyl groups excluding tert-OH is 1. The average molecular weight is 582 g/mol. The molecule has 0 saturated carbocycles. The molecule has 0 aliphatic carbocycles. The molecule has 4 nitrogen and oxygen atoms in total. The van der Waals surface area contributed by atoms with E-state index in [1.54, 1.807) is 0 Å². The number of halogens is 6. The second-order valence-corrected chi connectivity index (χ2v) is 5.40. The van der Waals surface area contributed by atoms with E-state index in [4.69, 9.17) is 5.11 Å². The van der Waals surface area contributed by atoms with E-state index in [2.05, 4.69) is 47.0 Å². The molecule has 0 amide bonds. The number of nitrogens with zero attached hydrogens (tertiary/aromatic N) is 2. The summed E-state index contributed by atoms with van der Waals surface area (Å²) in [5, 5.41) is 7.93. The predicted molar refractivity (Wildman–Crippen MR) is 84.8 cm³/mol. The maximum absolute atomic E-state index is 11.4. The fourth-order valence-electron chi connectivity index (χ4n) is 2.11. The van der Waals surface area contributed by atoms with Crippen LogP contribution in [0.15, 0.2) is 48.0 Å². The first-order valence-corrected chi connectivity index (χ1v) is 7.25. The smallest absolute Gasteiger partial charge is 0.454 e. The van der Waals surface area contributed by atoms with E-state index in [1.165, 1.54) is 11.3 Å². The number of para-hydroxylation sites is 1. The maximum Gasteiger partial charge on any atom is 0.454 e. The van der Waals surface area contributed by atoms with Crippen LogP contribution in [0.5, 0.6) is 0 Å². The number of fused-ring (bicyclic) bond motifs is 3. The first-order valence-electron chi connectivity index (χ1n) is 7.25. The van der Waals surface area contributed by atoms with Gasteiger partial charge in [-0.15, -0.1) is 11.6 Å². The largest absolute Gasteiger partial charge is 0.510 e. The summed E-state index contributed by atoms with van der Waals surface area (Å²) in [6.45, 7) is 2.06. The minimum Gasteiger partial charge on any atom is -0.510 e. The van der Waals surface area contributed by atoms with Crippen molar-refractivity contribution in [2.45, 2.75) is 12.4 Å². The van der Waals surface area contributed by atoms with Crippen LogP contribution in [-0.4, -0.2) is 35.2 Å². The third-order valence-electron chi connectivity index (χ3n) is 3.29. The van der Waals surface area contributed by atoms with E-state index >= 15 is 0 Å². The molecule has 0 atom stereocenters. The number of benzene rings is 1. The number of hydrogen-bond donors (Lipinski definition) is 1. The van der Waals surface area contributed by atoms with Gasteiger partial charge in [0.1, 0.15) is 0 Å². The van der Waals surface area contributed by atoms with Crippen molar-refractivity contribution in [2.24, 2.45) is 0 Å². The van der Waals surface area contributed by atoms with Gasteiger partial charge >= 0.3 is 12.4 Å². The molecule has 0 spiro atoms. The van der Waals surface area contributed by atoms with Crippen molar-refractivity contribution in [3.05, 3.63) is 66.3 Å². The molecule has 0 fully saturated rings. The van der Waals surface area contributed by atoms with Crippen LogP contribution in [0.2, 0.25) is 0 Å². The summed E-state index contributed by atoms with van der Waals surface area (Å²) in [5.41, 5.74) is 3.55. The first-order chi connectivity index (χ1) is 12.4. The molecule has 1 aromatic carbocycles. The van der Waals surface area contributed by atoms with E-state index in [-0.39, 0.29) is 20.1 Å². The van der Waals surface area contributed by atoms with E-state index in [0.29, 0.717) is 0 Å². The van der Waals surface area contributed by atoms with Crippen molar-refractivity contribution in [3.8, 4) is 0 Å². The second kappa shape index (κ2) is 8.83. The van der Waals surface area contributed by atoms with Gasteiger partial charge in [-0.1, -0.05) is 11.8 Å². The Hall–Kier alpha value is -2.26. The zero-order chi connectivity index (χ0) is 20.4. The van der Waals surface area contributed by atoms with Gasteiger partial charge in [0.2, 0.25) is 5.76 Å². The van der Waals surface area contributed by atoms with Crippen LogP contribution in [0, 0.1) is 12.7 Å². The summed E-state index contributed by atoms with van der Waals surface area (Å²) >= 11 is 0. The summed E-state index contributed by atoms with van der Waals surface area (Å²) in [6, 6.07) is 9.32. The predicted octanol–water partition coefficient (Wildman–Crippen LogP) is 4.35. The zero-order valence-corrected chi connectivity index (χ0v) is 16.4. The topological polar surface area (TPSA) is 43.8 Å². The number of ketones is 1. The molecule has 1 N–H and O–H groups in total.